The molecule has 1 N–H and O–H groups in total. The number of para-hydroxylation sites is 2. The van der Waals surface area contributed by atoms with Gasteiger partial charge in [0.15, 0.2) is 5.58 Å². The highest BCUT2D eigenvalue weighted by Gasteiger charge is 2.28. The van der Waals surface area contributed by atoms with Gasteiger partial charge in [-0.25, -0.2) is 0 Å². The first kappa shape index (κ1) is 14.8. The number of rotatable bonds is 6. The number of carbonyl (C=O) groups excluding carboxylic acids is 1. The van der Waals surface area contributed by atoms with Gasteiger partial charge in [0.05, 0.1) is 12.6 Å². The normalized spacial score (nSPS) is 18.0. The Bertz CT molecular complexity index is 607. The molecule has 0 aliphatic carbocycles. The fraction of sp³-hybridized carbons (Fsp3) is 0.500. The van der Waals surface area contributed by atoms with Crippen LogP contribution in [0, 0.1) is 0 Å². The van der Waals surface area contributed by atoms with Gasteiger partial charge in [-0.3, -0.25) is 4.79 Å². The van der Waals surface area contributed by atoms with Crippen molar-refractivity contribution in [1.29, 1.82) is 0 Å². The molecule has 1 amide bonds. The van der Waals surface area contributed by atoms with Crippen LogP contribution in [-0.4, -0.2) is 43.7 Å². The number of nitrogens with one attached hydrogen (secondary N) is 1. The lowest BCUT2D eigenvalue weighted by Crippen LogP contribution is -2.40. The Hall–Kier alpha value is -2.08. The number of benzene rings is 1. The number of hydrogen-bond acceptors (Lipinski definition) is 5. The highest BCUT2D eigenvalue weighted by Crippen LogP contribution is 2.27. The van der Waals surface area contributed by atoms with E-state index in [1.165, 1.54) is 0 Å². The minimum absolute atomic E-state index is 0.0197. The second kappa shape index (κ2) is 6.79. The zero-order chi connectivity index (χ0) is 15.4. The molecule has 118 valence electrons. The molecule has 3 rings (SSSR count). The lowest BCUT2D eigenvalue weighted by atomic mass is 10.2. The summed E-state index contributed by atoms with van der Waals surface area (Å²) in [5, 5.41) is 2.96. The van der Waals surface area contributed by atoms with Gasteiger partial charge in [0.25, 0.3) is 6.01 Å². The SMILES string of the molecule is COCCC(=O)NCC1CCCN1c1nc2ccccc2o1. The molecule has 1 atom stereocenters. The number of hydrogen-bond donors (Lipinski definition) is 1. The molecule has 1 saturated heterocycles. The van der Waals surface area contributed by atoms with E-state index in [4.69, 9.17) is 9.15 Å². The third-order valence-electron chi connectivity index (χ3n) is 3.97. The first-order valence-corrected chi connectivity index (χ1v) is 7.66. The number of fused-ring (bicyclic) bond motifs is 1. The molecular formula is C16H21N3O3. The number of oxazole rings is 1. The molecule has 1 aromatic carbocycles. The van der Waals surface area contributed by atoms with Crippen LogP contribution in [0.15, 0.2) is 28.7 Å². The summed E-state index contributed by atoms with van der Waals surface area (Å²) < 4.78 is 10.7. The van der Waals surface area contributed by atoms with Crippen LogP contribution < -0.4 is 10.2 Å². The van der Waals surface area contributed by atoms with Gasteiger partial charge in [-0.1, -0.05) is 12.1 Å². The van der Waals surface area contributed by atoms with Gasteiger partial charge in [0.1, 0.15) is 5.52 Å². The zero-order valence-corrected chi connectivity index (χ0v) is 12.7. The summed E-state index contributed by atoms with van der Waals surface area (Å²) in [6, 6.07) is 8.64. The van der Waals surface area contributed by atoms with Crippen LogP contribution >= 0.6 is 0 Å². The first-order valence-electron chi connectivity index (χ1n) is 7.66. The Morgan fingerprint density at radius 3 is 3.18 bits per heavy atom. The van der Waals surface area contributed by atoms with E-state index in [-0.39, 0.29) is 11.9 Å². The van der Waals surface area contributed by atoms with Gasteiger partial charge in [0, 0.05) is 26.6 Å². The van der Waals surface area contributed by atoms with Crippen molar-refractivity contribution < 1.29 is 13.9 Å². The zero-order valence-electron chi connectivity index (χ0n) is 12.7. The van der Waals surface area contributed by atoms with Crippen molar-refractivity contribution in [2.24, 2.45) is 0 Å². The van der Waals surface area contributed by atoms with E-state index in [1.807, 2.05) is 24.3 Å². The fourth-order valence-corrected chi connectivity index (χ4v) is 2.80. The molecule has 2 heterocycles. The van der Waals surface area contributed by atoms with Crippen LogP contribution in [0.5, 0.6) is 0 Å². The van der Waals surface area contributed by atoms with E-state index < -0.39 is 0 Å². The summed E-state index contributed by atoms with van der Waals surface area (Å²) in [7, 11) is 1.60. The van der Waals surface area contributed by atoms with Crippen LogP contribution in [0.2, 0.25) is 0 Å². The van der Waals surface area contributed by atoms with E-state index in [2.05, 4.69) is 15.2 Å². The third-order valence-corrected chi connectivity index (χ3v) is 3.97. The van der Waals surface area contributed by atoms with Gasteiger partial charge in [-0.2, -0.15) is 4.98 Å². The number of amides is 1. The van der Waals surface area contributed by atoms with Crippen LogP contribution in [0.1, 0.15) is 19.3 Å². The Balaban J connectivity index is 1.64. The second-order valence-electron chi connectivity index (χ2n) is 5.50. The summed E-state index contributed by atoms with van der Waals surface area (Å²) in [5.74, 6) is 0.0197. The topological polar surface area (TPSA) is 67.6 Å². The van der Waals surface area contributed by atoms with Crippen molar-refractivity contribution in [2.45, 2.75) is 25.3 Å². The predicted octanol–water partition coefficient (Wildman–Crippen LogP) is 1.95. The molecule has 0 saturated carbocycles. The molecule has 0 spiro atoms. The van der Waals surface area contributed by atoms with E-state index in [0.29, 0.717) is 25.6 Å². The number of carbonyl (C=O) groups is 1. The Morgan fingerprint density at radius 2 is 2.36 bits per heavy atom. The summed E-state index contributed by atoms with van der Waals surface area (Å²) in [5.41, 5.74) is 1.67. The molecule has 2 aromatic rings. The Morgan fingerprint density at radius 1 is 1.50 bits per heavy atom. The first-order chi connectivity index (χ1) is 10.8. The maximum atomic E-state index is 11.7. The highest BCUT2D eigenvalue weighted by molar-refractivity contribution is 5.76. The lowest BCUT2D eigenvalue weighted by Gasteiger charge is -2.23. The molecule has 0 radical (unpaired) electrons. The third kappa shape index (κ3) is 3.22. The number of nitrogens with zero attached hydrogens (tertiary/aromatic N) is 2. The lowest BCUT2D eigenvalue weighted by molar-refractivity contribution is -0.122. The summed E-state index contributed by atoms with van der Waals surface area (Å²) in [6.45, 7) is 1.97. The molecule has 6 nitrogen and oxygen atoms in total. The average molecular weight is 303 g/mol. The van der Waals surface area contributed by atoms with Gasteiger partial charge in [-0.15, -0.1) is 0 Å². The highest BCUT2D eigenvalue weighted by atomic mass is 16.5. The maximum Gasteiger partial charge on any atom is 0.298 e. The molecule has 1 aliphatic heterocycles. The number of aromatic nitrogens is 1. The number of methoxy groups -OCH3 is 1. The molecule has 1 fully saturated rings. The van der Waals surface area contributed by atoms with Crippen molar-refractivity contribution >= 4 is 23.0 Å². The van der Waals surface area contributed by atoms with E-state index in [0.717, 1.165) is 30.5 Å². The Labute approximate surface area is 129 Å². The second-order valence-corrected chi connectivity index (χ2v) is 5.50. The van der Waals surface area contributed by atoms with Gasteiger partial charge < -0.3 is 19.4 Å². The predicted molar refractivity (Wildman–Crippen MR) is 83.9 cm³/mol. The minimum atomic E-state index is 0.0197. The van der Waals surface area contributed by atoms with Crippen molar-refractivity contribution in [3.63, 3.8) is 0 Å². The Kier molecular flexibility index (Phi) is 4.58. The van der Waals surface area contributed by atoms with Gasteiger partial charge >= 0.3 is 0 Å². The monoisotopic (exact) mass is 303 g/mol. The largest absolute Gasteiger partial charge is 0.423 e. The standard InChI is InChI=1S/C16H21N3O3/c1-21-10-8-15(20)17-11-12-5-4-9-19(12)16-18-13-6-2-3-7-14(13)22-16/h2-3,6-7,12H,4-5,8-11H2,1H3,(H,17,20). The average Bonchev–Trinajstić information content (AvgIpc) is 3.16. The summed E-state index contributed by atoms with van der Waals surface area (Å²) in [6.07, 6.45) is 2.51. The molecule has 0 bridgehead atoms. The molecule has 6 heteroatoms. The van der Waals surface area contributed by atoms with E-state index in [9.17, 15) is 4.79 Å². The smallest absolute Gasteiger partial charge is 0.298 e. The van der Waals surface area contributed by atoms with Crippen molar-refractivity contribution in [3.05, 3.63) is 24.3 Å². The molecule has 22 heavy (non-hydrogen) atoms. The van der Waals surface area contributed by atoms with Gasteiger partial charge in [-0.05, 0) is 25.0 Å². The van der Waals surface area contributed by atoms with Crippen molar-refractivity contribution in [3.8, 4) is 0 Å². The van der Waals surface area contributed by atoms with Crippen LogP contribution in [-0.2, 0) is 9.53 Å². The molecular weight excluding hydrogens is 282 g/mol. The van der Waals surface area contributed by atoms with E-state index in [1.54, 1.807) is 7.11 Å². The van der Waals surface area contributed by atoms with Crippen LogP contribution in [0.25, 0.3) is 11.1 Å². The maximum absolute atomic E-state index is 11.7. The minimum Gasteiger partial charge on any atom is -0.423 e. The molecule has 1 aromatic heterocycles. The quantitative estimate of drug-likeness (QED) is 0.883. The molecule has 1 unspecified atom stereocenters. The summed E-state index contributed by atoms with van der Waals surface area (Å²) in [4.78, 5) is 18.4. The van der Waals surface area contributed by atoms with Crippen LogP contribution in [0.4, 0.5) is 6.01 Å². The van der Waals surface area contributed by atoms with Crippen molar-refractivity contribution in [2.75, 3.05) is 31.7 Å². The number of anilines is 1. The van der Waals surface area contributed by atoms with Gasteiger partial charge in [0.2, 0.25) is 5.91 Å². The van der Waals surface area contributed by atoms with Crippen LogP contribution in [0.3, 0.4) is 0 Å². The van der Waals surface area contributed by atoms with E-state index >= 15 is 0 Å². The number of ether oxygens (including phenoxy) is 1. The summed E-state index contributed by atoms with van der Waals surface area (Å²) >= 11 is 0. The fourth-order valence-electron chi connectivity index (χ4n) is 2.80. The van der Waals surface area contributed by atoms with Crippen molar-refractivity contribution in [1.82, 2.24) is 10.3 Å². The molecule has 1 aliphatic rings.